The summed E-state index contributed by atoms with van der Waals surface area (Å²) in [5.41, 5.74) is 2.31. The van der Waals surface area contributed by atoms with Crippen molar-refractivity contribution in [3.8, 4) is 23.6 Å². The van der Waals surface area contributed by atoms with Crippen molar-refractivity contribution in [2.45, 2.75) is 13.8 Å². The van der Waals surface area contributed by atoms with E-state index in [9.17, 15) is 4.39 Å². The first kappa shape index (κ1) is 16.7. The number of pyridine rings is 1. The third kappa shape index (κ3) is 3.38. The van der Waals surface area contributed by atoms with Crippen LogP contribution in [0, 0.1) is 24.2 Å². The lowest BCUT2D eigenvalue weighted by Crippen LogP contribution is -2.21. The summed E-state index contributed by atoms with van der Waals surface area (Å²) in [5, 5.41) is 4.00. The molecule has 3 heterocycles. The minimum Gasteiger partial charge on any atom is -0.354 e. The molecule has 0 atom stereocenters. The second-order valence-electron chi connectivity index (χ2n) is 6.19. The van der Waals surface area contributed by atoms with Crippen LogP contribution < -0.4 is 10.8 Å². The number of aryl methyl sites for hydroxylation is 1. The topological polar surface area (TPSA) is 70.9 Å². The first-order valence-electron chi connectivity index (χ1n) is 7.93. The molecule has 3 aromatic rings. The third-order valence-electron chi connectivity index (χ3n) is 3.74. The number of terminal acetylenes is 1. The van der Waals surface area contributed by atoms with Crippen molar-refractivity contribution in [1.29, 1.82) is 0 Å². The van der Waals surface area contributed by atoms with Crippen molar-refractivity contribution in [1.82, 2.24) is 19.5 Å². The Hall–Kier alpha value is -3.14. The van der Waals surface area contributed by atoms with Gasteiger partial charge in [-0.25, -0.2) is 9.37 Å². The van der Waals surface area contributed by atoms with Crippen LogP contribution in [0.25, 0.3) is 22.2 Å². The molecule has 0 saturated heterocycles. The Morgan fingerprint density at radius 1 is 1.48 bits per heavy atom. The van der Waals surface area contributed by atoms with E-state index in [1.54, 1.807) is 30.2 Å². The number of anilines is 1. The Balaban J connectivity index is 2.03. The molecule has 0 amide bonds. The van der Waals surface area contributed by atoms with Gasteiger partial charge in [-0.05, 0) is 12.0 Å². The highest BCUT2D eigenvalue weighted by molar-refractivity contribution is 5.93. The Morgan fingerprint density at radius 2 is 2.28 bits per heavy atom. The number of aromatic amines is 1. The van der Waals surface area contributed by atoms with Gasteiger partial charge in [0.1, 0.15) is 5.65 Å². The summed E-state index contributed by atoms with van der Waals surface area (Å²) >= 11 is 0. The van der Waals surface area contributed by atoms with Gasteiger partial charge in [0.25, 0.3) is 0 Å². The first-order chi connectivity index (χ1) is 12.0. The van der Waals surface area contributed by atoms with Gasteiger partial charge in [0, 0.05) is 54.7 Å². The summed E-state index contributed by atoms with van der Waals surface area (Å²) in [6, 6.07) is 3.51. The van der Waals surface area contributed by atoms with Crippen molar-refractivity contribution in [2.75, 3.05) is 11.9 Å². The van der Waals surface area contributed by atoms with Crippen LogP contribution in [0.2, 0.25) is 0 Å². The average Bonchev–Trinajstić information content (AvgIpc) is 2.99. The molecule has 0 aliphatic rings. The minimum absolute atomic E-state index is 0.113. The fraction of sp³-hybridized carbons (Fsp3) is 0.278. The maximum Gasteiger partial charge on any atom is 0.224 e. The molecule has 128 valence electrons. The number of hydrogen-bond donors (Lipinski definition) is 2. The predicted octanol–water partition coefficient (Wildman–Crippen LogP) is 2.66. The van der Waals surface area contributed by atoms with Crippen LogP contribution in [0.1, 0.15) is 13.8 Å². The zero-order chi connectivity index (χ0) is 18.0. The summed E-state index contributed by atoms with van der Waals surface area (Å²) < 4.78 is 15.8. The van der Waals surface area contributed by atoms with E-state index in [-0.39, 0.29) is 5.49 Å². The highest BCUT2D eigenvalue weighted by atomic mass is 19.1. The molecule has 7 heteroatoms. The molecular formula is C18H19FN6. The molecule has 0 unspecified atom stereocenters. The number of H-pyrrole nitrogens is 1. The van der Waals surface area contributed by atoms with Crippen LogP contribution in [0.5, 0.6) is 0 Å². The molecule has 3 aromatic heterocycles. The average molecular weight is 338 g/mol. The van der Waals surface area contributed by atoms with Crippen molar-refractivity contribution < 1.29 is 4.39 Å². The number of halogens is 1. The zero-order valence-electron chi connectivity index (χ0n) is 14.3. The number of fused-ring (bicyclic) bond motifs is 1. The molecule has 0 radical (unpaired) electrons. The van der Waals surface area contributed by atoms with Crippen molar-refractivity contribution in [3.63, 3.8) is 0 Å². The first-order valence-corrected chi connectivity index (χ1v) is 7.93. The van der Waals surface area contributed by atoms with Crippen LogP contribution in [0.15, 0.2) is 29.6 Å². The molecular weight excluding hydrogens is 319 g/mol. The van der Waals surface area contributed by atoms with Gasteiger partial charge >= 0.3 is 0 Å². The molecule has 0 saturated carbocycles. The van der Waals surface area contributed by atoms with Crippen LogP contribution in [-0.2, 0) is 7.05 Å². The second-order valence-corrected chi connectivity index (χ2v) is 6.19. The zero-order valence-corrected chi connectivity index (χ0v) is 14.3. The van der Waals surface area contributed by atoms with E-state index in [4.69, 9.17) is 6.42 Å². The van der Waals surface area contributed by atoms with E-state index in [0.717, 1.165) is 17.5 Å². The molecule has 6 nitrogen and oxygen atoms in total. The minimum atomic E-state index is -0.483. The van der Waals surface area contributed by atoms with Gasteiger partial charge in [-0.15, -0.1) is 0 Å². The molecule has 0 aromatic carbocycles. The molecule has 3 rings (SSSR count). The number of aromatic nitrogens is 4. The van der Waals surface area contributed by atoms with Gasteiger partial charge in [0.2, 0.25) is 5.95 Å². The Labute approximate surface area is 144 Å². The molecule has 0 spiro atoms. The lowest BCUT2D eigenvalue weighted by molar-refractivity contribution is 0.584. The summed E-state index contributed by atoms with van der Waals surface area (Å²) in [6.45, 7) is 5.02. The van der Waals surface area contributed by atoms with Crippen LogP contribution in [-0.4, -0.2) is 26.1 Å². The lowest BCUT2D eigenvalue weighted by Gasteiger charge is -2.07. The summed E-state index contributed by atoms with van der Waals surface area (Å²) in [6.07, 6.45) is 10.4. The summed E-state index contributed by atoms with van der Waals surface area (Å²) in [7, 11) is 1.70. The van der Waals surface area contributed by atoms with E-state index >= 15 is 0 Å². The van der Waals surface area contributed by atoms with E-state index in [0.29, 0.717) is 23.1 Å². The fourth-order valence-electron chi connectivity index (χ4n) is 2.54. The standard InChI is InChI=1S/C18H19FN6/c1-5-20-17-15(19)6-12(10-25(17)4)13-8-21-16-14(13)9-23-18(24-16)22-7-11(2)3/h1,6,8-11H,7H2,2-4H3,(H2,21,22,23,24). The van der Waals surface area contributed by atoms with Gasteiger partial charge in [0.15, 0.2) is 11.3 Å². The lowest BCUT2D eigenvalue weighted by atomic mass is 10.1. The van der Waals surface area contributed by atoms with Gasteiger partial charge in [0.05, 0.1) is 0 Å². The Morgan fingerprint density at radius 3 is 2.96 bits per heavy atom. The third-order valence-corrected chi connectivity index (χ3v) is 3.74. The molecule has 0 aliphatic heterocycles. The smallest absolute Gasteiger partial charge is 0.224 e. The van der Waals surface area contributed by atoms with E-state index in [1.807, 2.05) is 0 Å². The summed E-state index contributed by atoms with van der Waals surface area (Å²) in [4.78, 5) is 15.6. The van der Waals surface area contributed by atoms with Crippen molar-refractivity contribution >= 4 is 17.0 Å². The second kappa shape index (κ2) is 6.77. The fourth-order valence-corrected chi connectivity index (χ4v) is 2.54. The van der Waals surface area contributed by atoms with Crippen molar-refractivity contribution in [2.24, 2.45) is 18.0 Å². The number of hydrogen-bond acceptors (Lipinski definition) is 4. The molecule has 0 fully saturated rings. The number of nitrogens with one attached hydrogen (secondary N) is 2. The van der Waals surface area contributed by atoms with Gasteiger partial charge < -0.3 is 14.9 Å². The Bertz CT molecular complexity index is 996. The van der Waals surface area contributed by atoms with E-state index in [1.165, 1.54) is 6.07 Å². The van der Waals surface area contributed by atoms with Gasteiger partial charge in [-0.1, -0.05) is 20.3 Å². The maximum absolute atomic E-state index is 14.3. The predicted molar refractivity (Wildman–Crippen MR) is 96.0 cm³/mol. The normalized spacial score (nSPS) is 11.9. The van der Waals surface area contributed by atoms with Crippen LogP contribution in [0.4, 0.5) is 10.3 Å². The Kier molecular flexibility index (Phi) is 4.52. The van der Waals surface area contributed by atoms with Crippen molar-refractivity contribution in [3.05, 3.63) is 36.0 Å². The van der Waals surface area contributed by atoms with Gasteiger partial charge in [-0.2, -0.15) is 9.98 Å². The number of rotatable bonds is 4. The highest BCUT2D eigenvalue weighted by Gasteiger charge is 2.11. The summed E-state index contributed by atoms with van der Waals surface area (Å²) in [5.74, 6) is 0.575. The van der Waals surface area contributed by atoms with E-state index in [2.05, 4.69) is 45.2 Å². The molecule has 0 aliphatic carbocycles. The number of nitrogens with zero attached hydrogens (tertiary/aromatic N) is 4. The molecule has 0 bridgehead atoms. The quantitative estimate of drug-likeness (QED) is 0.719. The monoisotopic (exact) mass is 338 g/mol. The SMILES string of the molecule is C#CN=c1c(F)cc(-c2c[nH]c3nc(NCC(C)C)ncc23)cn1C. The largest absolute Gasteiger partial charge is 0.354 e. The molecule has 2 N–H and O–H groups in total. The van der Waals surface area contributed by atoms with E-state index < -0.39 is 5.82 Å². The molecule has 25 heavy (non-hydrogen) atoms. The highest BCUT2D eigenvalue weighted by Crippen LogP contribution is 2.27. The van der Waals surface area contributed by atoms with Gasteiger partial charge in [-0.3, -0.25) is 0 Å². The maximum atomic E-state index is 14.3. The van der Waals surface area contributed by atoms with Crippen LogP contribution >= 0.6 is 0 Å². The van der Waals surface area contributed by atoms with Crippen LogP contribution in [0.3, 0.4) is 0 Å².